The highest BCUT2D eigenvalue weighted by Gasteiger charge is 2.19. The lowest BCUT2D eigenvalue weighted by molar-refractivity contribution is 0.150. The summed E-state index contributed by atoms with van der Waals surface area (Å²) in [5.41, 5.74) is 5.84. The summed E-state index contributed by atoms with van der Waals surface area (Å²) in [6.07, 6.45) is 0. The first-order valence-corrected chi connectivity index (χ1v) is 7.25. The van der Waals surface area contributed by atoms with E-state index in [0.717, 1.165) is 18.8 Å². The average Bonchev–Trinajstić information content (AvgIpc) is 2.42. The Morgan fingerprint density at radius 3 is 2.59 bits per heavy atom. The van der Waals surface area contributed by atoms with Gasteiger partial charge in [0.25, 0.3) is 0 Å². The Labute approximate surface area is 107 Å². The Morgan fingerprint density at radius 1 is 1.24 bits per heavy atom. The normalized spacial score (nSPS) is 18.9. The largest absolute Gasteiger partial charge is 0.492 e. The van der Waals surface area contributed by atoms with Gasteiger partial charge in [0.15, 0.2) is 0 Å². The third-order valence-electron chi connectivity index (χ3n) is 3.02. The molecule has 2 N–H and O–H groups in total. The molecule has 4 heteroatoms. The molecule has 1 aliphatic rings. The van der Waals surface area contributed by atoms with Crippen molar-refractivity contribution in [2.24, 2.45) is 5.73 Å². The number of thioether (sulfide) groups is 1. The van der Waals surface area contributed by atoms with Crippen LogP contribution < -0.4 is 10.5 Å². The Kier molecular flexibility index (Phi) is 5.16. The number of para-hydroxylation sites is 1. The van der Waals surface area contributed by atoms with Gasteiger partial charge < -0.3 is 10.5 Å². The van der Waals surface area contributed by atoms with Crippen LogP contribution in [0.5, 0.6) is 5.75 Å². The molecule has 0 unspecified atom stereocenters. The minimum atomic E-state index is 0.344. The summed E-state index contributed by atoms with van der Waals surface area (Å²) >= 11 is 2.02. The van der Waals surface area contributed by atoms with Gasteiger partial charge in [-0.05, 0) is 12.1 Å². The second-order valence-corrected chi connectivity index (χ2v) is 5.39. The number of ether oxygens (including phenoxy) is 1. The van der Waals surface area contributed by atoms with Crippen molar-refractivity contribution in [1.82, 2.24) is 4.90 Å². The van der Waals surface area contributed by atoms with Gasteiger partial charge in [0.2, 0.25) is 0 Å². The molecule has 0 aliphatic carbocycles. The summed E-state index contributed by atoms with van der Waals surface area (Å²) in [6, 6.07) is 10.3. The molecule has 17 heavy (non-hydrogen) atoms. The highest BCUT2D eigenvalue weighted by atomic mass is 32.2. The molecule has 1 atom stereocenters. The summed E-state index contributed by atoms with van der Waals surface area (Å²) in [7, 11) is 0. The Bertz CT molecular complexity index is 314. The van der Waals surface area contributed by atoms with Gasteiger partial charge in [-0.2, -0.15) is 11.8 Å². The first-order valence-electron chi connectivity index (χ1n) is 6.10. The summed E-state index contributed by atoms with van der Waals surface area (Å²) in [4.78, 5) is 2.44. The van der Waals surface area contributed by atoms with Crippen LogP contribution in [-0.2, 0) is 0 Å². The molecule has 1 aromatic rings. The molecular formula is C13H20N2OS. The number of nitrogens with zero attached hydrogens (tertiary/aromatic N) is 1. The van der Waals surface area contributed by atoms with Gasteiger partial charge in [-0.3, -0.25) is 4.90 Å². The lowest BCUT2D eigenvalue weighted by Crippen LogP contribution is -2.48. The van der Waals surface area contributed by atoms with Crippen molar-refractivity contribution in [2.75, 3.05) is 37.7 Å². The molecule has 94 valence electrons. The zero-order valence-electron chi connectivity index (χ0n) is 10.0. The van der Waals surface area contributed by atoms with Crippen LogP contribution in [0.25, 0.3) is 0 Å². The molecule has 0 amide bonds. The second kappa shape index (κ2) is 6.89. The molecule has 0 bridgehead atoms. The van der Waals surface area contributed by atoms with E-state index in [1.165, 1.54) is 11.5 Å². The first kappa shape index (κ1) is 12.7. The molecular weight excluding hydrogens is 232 g/mol. The fourth-order valence-electron chi connectivity index (χ4n) is 1.97. The van der Waals surface area contributed by atoms with Crippen LogP contribution in [0.15, 0.2) is 30.3 Å². The molecule has 0 aromatic heterocycles. The third-order valence-corrected chi connectivity index (χ3v) is 3.96. The van der Waals surface area contributed by atoms with E-state index in [-0.39, 0.29) is 0 Å². The third kappa shape index (κ3) is 3.91. The van der Waals surface area contributed by atoms with Crippen molar-refractivity contribution in [3.63, 3.8) is 0 Å². The Hall–Kier alpha value is -0.710. The number of nitrogens with two attached hydrogens (primary N) is 1. The topological polar surface area (TPSA) is 38.5 Å². The van der Waals surface area contributed by atoms with Crippen molar-refractivity contribution in [3.8, 4) is 5.75 Å². The molecule has 3 nitrogen and oxygen atoms in total. The van der Waals surface area contributed by atoms with E-state index in [2.05, 4.69) is 4.90 Å². The van der Waals surface area contributed by atoms with Crippen LogP contribution in [0.3, 0.4) is 0 Å². The standard InChI is InChI=1S/C13H20N2OS/c14-10-12(15-6-8-17-9-7-15)11-16-13-4-2-1-3-5-13/h1-5,12H,6-11,14H2/t12-/m0/s1. The molecule has 1 aromatic carbocycles. The molecule has 1 aliphatic heterocycles. The quantitative estimate of drug-likeness (QED) is 0.860. The van der Waals surface area contributed by atoms with Crippen LogP contribution in [0, 0.1) is 0 Å². The van der Waals surface area contributed by atoms with Crippen LogP contribution >= 0.6 is 11.8 Å². The lowest BCUT2D eigenvalue weighted by atomic mass is 10.2. The fraction of sp³-hybridized carbons (Fsp3) is 0.538. The van der Waals surface area contributed by atoms with Crippen molar-refractivity contribution in [1.29, 1.82) is 0 Å². The van der Waals surface area contributed by atoms with E-state index in [1.807, 2.05) is 42.1 Å². The van der Waals surface area contributed by atoms with Gasteiger partial charge in [0.1, 0.15) is 12.4 Å². The van der Waals surface area contributed by atoms with E-state index < -0.39 is 0 Å². The van der Waals surface area contributed by atoms with E-state index in [9.17, 15) is 0 Å². The van der Waals surface area contributed by atoms with Crippen LogP contribution in [0.4, 0.5) is 0 Å². The van der Waals surface area contributed by atoms with Gasteiger partial charge in [0, 0.05) is 31.1 Å². The van der Waals surface area contributed by atoms with Gasteiger partial charge in [0.05, 0.1) is 6.04 Å². The van der Waals surface area contributed by atoms with Crippen LogP contribution in [0.1, 0.15) is 0 Å². The summed E-state index contributed by atoms with van der Waals surface area (Å²) in [5.74, 6) is 3.35. The van der Waals surface area contributed by atoms with Gasteiger partial charge in [-0.1, -0.05) is 18.2 Å². The molecule has 1 fully saturated rings. The maximum Gasteiger partial charge on any atom is 0.119 e. The average molecular weight is 252 g/mol. The minimum Gasteiger partial charge on any atom is -0.492 e. The smallest absolute Gasteiger partial charge is 0.119 e. The van der Waals surface area contributed by atoms with Crippen molar-refractivity contribution in [3.05, 3.63) is 30.3 Å². The monoisotopic (exact) mass is 252 g/mol. The summed E-state index contributed by atoms with van der Waals surface area (Å²) in [5, 5.41) is 0. The molecule has 0 saturated carbocycles. The van der Waals surface area contributed by atoms with E-state index in [1.54, 1.807) is 0 Å². The lowest BCUT2D eigenvalue weighted by Gasteiger charge is -2.33. The van der Waals surface area contributed by atoms with Crippen LogP contribution in [-0.4, -0.2) is 48.7 Å². The van der Waals surface area contributed by atoms with Gasteiger partial charge >= 0.3 is 0 Å². The van der Waals surface area contributed by atoms with Crippen molar-refractivity contribution in [2.45, 2.75) is 6.04 Å². The SMILES string of the molecule is NC[C@@H](COc1ccccc1)N1CCSCC1. The Morgan fingerprint density at radius 2 is 1.94 bits per heavy atom. The molecule has 0 spiro atoms. The molecule has 1 saturated heterocycles. The molecule has 1 heterocycles. The zero-order valence-corrected chi connectivity index (χ0v) is 10.9. The van der Waals surface area contributed by atoms with Crippen LogP contribution in [0.2, 0.25) is 0 Å². The predicted octanol–water partition coefficient (Wildman–Crippen LogP) is 1.44. The number of hydrogen-bond donors (Lipinski definition) is 1. The first-order chi connectivity index (χ1) is 8.40. The maximum atomic E-state index is 5.84. The summed E-state index contributed by atoms with van der Waals surface area (Å²) in [6.45, 7) is 3.61. The number of benzene rings is 1. The van der Waals surface area contributed by atoms with Gasteiger partial charge in [-0.15, -0.1) is 0 Å². The predicted molar refractivity (Wildman–Crippen MR) is 73.7 cm³/mol. The molecule has 2 rings (SSSR count). The maximum absolute atomic E-state index is 5.84. The fourth-order valence-corrected chi connectivity index (χ4v) is 2.91. The number of rotatable bonds is 5. The highest BCUT2D eigenvalue weighted by Crippen LogP contribution is 2.14. The van der Waals surface area contributed by atoms with Crippen molar-refractivity contribution >= 4 is 11.8 Å². The van der Waals surface area contributed by atoms with E-state index >= 15 is 0 Å². The summed E-state index contributed by atoms with van der Waals surface area (Å²) < 4.78 is 5.78. The minimum absolute atomic E-state index is 0.344. The molecule has 0 radical (unpaired) electrons. The Balaban J connectivity index is 1.82. The highest BCUT2D eigenvalue weighted by molar-refractivity contribution is 7.99. The van der Waals surface area contributed by atoms with E-state index in [0.29, 0.717) is 19.2 Å². The van der Waals surface area contributed by atoms with E-state index in [4.69, 9.17) is 10.5 Å². The zero-order chi connectivity index (χ0) is 11.9. The van der Waals surface area contributed by atoms with Crippen molar-refractivity contribution < 1.29 is 4.74 Å². The second-order valence-electron chi connectivity index (χ2n) is 4.16. The number of hydrogen-bond acceptors (Lipinski definition) is 4. The van der Waals surface area contributed by atoms with Gasteiger partial charge in [-0.25, -0.2) is 0 Å².